The molecule has 15 heavy (non-hydrogen) atoms. The van der Waals surface area contributed by atoms with Crippen molar-refractivity contribution in [3.05, 3.63) is 46.0 Å². The molecule has 0 aliphatic rings. The van der Waals surface area contributed by atoms with Crippen LogP contribution in [0.1, 0.15) is 5.56 Å². The highest BCUT2D eigenvalue weighted by molar-refractivity contribution is 7.85. The van der Waals surface area contributed by atoms with Crippen LogP contribution in [0.2, 0.25) is 0 Å². The van der Waals surface area contributed by atoms with E-state index in [-0.39, 0.29) is 5.75 Å². The largest absolute Gasteiger partial charge is 0.320 e. The molecular weight excluding hydrogens is 222 g/mol. The molecule has 0 bridgehead atoms. The Morgan fingerprint density at radius 2 is 1.87 bits per heavy atom. The maximum Gasteiger partial charge on any atom is 0.320 e. The molecule has 0 saturated carbocycles. The predicted octanol–water partition coefficient (Wildman–Crippen LogP) is 0.767. The van der Waals surface area contributed by atoms with Gasteiger partial charge in [-0.2, -0.15) is 12.6 Å². The van der Waals surface area contributed by atoms with Gasteiger partial charge in [-0.25, -0.2) is 0 Å². The summed E-state index contributed by atoms with van der Waals surface area (Å²) in [6.07, 6.45) is 0. The van der Waals surface area contributed by atoms with Crippen molar-refractivity contribution in [2.24, 2.45) is 0 Å². The van der Waals surface area contributed by atoms with Crippen LogP contribution in [0, 0.1) is 10.1 Å². The molecule has 1 aromatic rings. The van der Waals surface area contributed by atoms with Gasteiger partial charge in [-0.1, -0.05) is 30.3 Å². The lowest BCUT2D eigenvalue weighted by molar-refractivity contribution is -0.513. The molecule has 0 unspecified atom stereocenters. The minimum atomic E-state index is -3.87. The fourth-order valence-electron chi connectivity index (χ4n) is 0.943. The molecule has 0 radical (unpaired) electrons. The van der Waals surface area contributed by atoms with Crippen LogP contribution >= 0.6 is 0 Å². The first kappa shape index (κ1) is 11.6. The Morgan fingerprint density at radius 1 is 1.27 bits per heavy atom. The number of nitrogens with zero attached hydrogens (tertiary/aromatic N) is 1. The fraction of sp³-hybridized carbons (Fsp3) is 0.250. The SMILES string of the molecule is O=[N+]([O-])COS(=O)(=O)Cc1ccccc1. The molecular formula is C8H9NO5S. The lowest BCUT2D eigenvalue weighted by Crippen LogP contribution is -2.14. The smallest absolute Gasteiger partial charge is 0.262 e. The Bertz CT molecular complexity index is 428. The molecule has 1 aromatic carbocycles. The van der Waals surface area contributed by atoms with Crippen molar-refractivity contribution in [1.82, 2.24) is 0 Å². The molecule has 0 heterocycles. The molecule has 0 saturated heterocycles. The first-order chi connectivity index (χ1) is 6.99. The van der Waals surface area contributed by atoms with E-state index in [1.807, 2.05) is 0 Å². The average molecular weight is 231 g/mol. The summed E-state index contributed by atoms with van der Waals surface area (Å²) in [5.74, 6) is -0.359. The second-order valence-electron chi connectivity index (χ2n) is 2.77. The van der Waals surface area contributed by atoms with Crippen LogP contribution in [0.25, 0.3) is 0 Å². The molecule has 0 N–H and O–H groups in total. The Labute approximate surface area is 86.8 Å². The van der Waals surface area contributed by atoms with E-state index in [9.17, 15) is 18.5 Å². The normalized spacial score (nSPS) is 11.2. The summed E-state index contributed by atoms with van der Waals surface area (Å²) in [6.45, 7) is -1.03. The van der Waals surface area contributed by atoms with Gasteiger partial charge in [-0.3, -0.25) is 10.1 Å². The summed E-state index contributed by atoms with van der Waals surface area (Å²) in [7, 11) is -3.87. The molecule has 0 spiro atoms. The molecule has 6 nitrogen and oxygen atoms in total. The maximum atomic E-state index is 11.2. The molecule has 82 valence electrons. The summed E-state index contributed by atoms with van der Waals surface area (Å²) in [6, 6.07) is 8.31. The van der Waals surface area contributed by atoms with Crippen LogP contribution in [0.4, 0.5) is 0 Å². The summed E-state index contributed by atoms with van der Waals surface area (Å²) in [4.78, 5) is 9.07. The summed E-state index contributed by atoms with van der Waals surface area (Å²) < 4.78 is 26.5. The third-order valence-corrected chi connectivity index (χ3v) is 2.68. The molecule has 7 heteroatoms. The van der Waals surface area contributed by atoms with Crippen molar-refractivity contribution < 1.29 is 17.5 Å². The lowest BCUT2D eigenvalue weighted by atomic mass is 10.2. The quantitative estimate of drug-likeness (QED) is 0.323. The third kappa shape index (κ3) is 4.52. The van der Waals surface area contributed by atoms with Gasteiger partial charge in [0, 0.05) is 0 Å². The zero-order valence-corrected chi connectivity index (χ0v) is 8.51. The van der Waals surface area contributed by atoms with E-state index in [0.717, 1.165) is 0 Å². The number of hydrogen-bond donors (Lipinski definition) is 0. The van der Waals surface area contributed by atoms with Crippen LogP contribution < -0.4 is 0 Å². The number of rotatable bonds is 5. The first-order valence-corrected chi connectivity index (χ1v) is 5.60. The first-order valence-electron chi connectivity index (χ1n) is 4.02. The van der Waals surface area contributed by atoms with Crippen LogP contribution in [0.15, 0.2) is 30.3 Å². The predicted molar refractivity (Wildman–Crippen MR) is 52.0 cm³/mol. The zero-order chi connectivity index (χ0) is 11.3. The molecule has 0 aliphatic carbocycles. The van der Waals surface area contributed by atoms with Gasteiger partial charge in [0.2, 0.25) is 0 Å². The highest BCUT2D eigenvalue weighted by Crippen LogP contribution is 2.06. The van der Waals surface area contributed by atoms with Crippen LogP contribution in [-0.4, -0.2) is 20.1 Å². The lowest BCUT2D eigenvalue weighted by Gasteiger charge is -2.01. The molecule has 0 atom stereocenters. The van der Waals surface area contributed by atoms with Gasteiger partial charge < -0.3 is 0 Å². The third-order valence-electron chi connectivity index (χ3n) is 1.52. The number of benzene rings is 1. The minimum Gasteiger partial charge on any atom is -0.262 e. The molecule has 0 fully saturated rings. The maximum absolute atomic E-state index is 11.2. The van der Waals surface area contributed by atoms with Crippen molar-refractivity contribution in [2.75, 3.05) is 6.73 Å². The standard InChI is InChI=1S/C8H9NO5S/c10-9(11)7-14-15(12,13)6-8-4-2-1-3-5-8/h1-5H,6-7H2. The Morgan fingerprint density at radius 3 is 2.40 bits per heavy atom. The van der Waals surface area contributed by atoms with E-state index in [4.69, 9.17) is 0 Å². The summed E-state index contributed by atoms with van der Waals surface area (Å²) in [5, 5.41) is 9.91. The van der Waals surface area contributed by atoms with E-state index in [1.54, 1.807) is 30.3 Å². The van der Waals surface area contributed by atoms with Crippen molar-refractivity contribution in [3.8, 4) is 0 Å². The zero-order valence-electron chi connectivity index (χ0n) is 7.70. The van der Waals surface area contributed by atoms with Gasteiger partial charge in [0.15, 0.2) is 0 Å². The van der Waals surface area contributed by atoms with E-state index in [0.29, 0.717) is 5.56 Å². The number of nitro groups is 1. The minimum absolute atomic E-state index is 0.359. The van der Waals surface area contributed by atoms with Crippen LogP contribution in [0.3, 0.4) is 0 Å². The second-order valence-corrected chi connectivity index (χ2v) is 4.41. The second kappa shape index (κ2) is 4.85. The topological polar surface area (TPSA) is 86.5 Å². The van der Waals surface area contributed by atoms with E-state index in [2.05, 4.69) is 4.18 Å². The van der Waals surface area contributed by atoms with E-state index < -0.39 is 21.8 Å². The van der Waals surface area contributed by atoms with Gasteiger partial charge in [-0.05, 0) is 5.56 Å². The highest BCUT2D eigenvalue weighted by atomic mass is 32.2. The fourth-order valence-corrected chi connectivity index (χ4v) is 1.87. The summed E-state index contributed by atoms with van der Waals surface area (Å²) in [5.41, 5.74) is 0.529. The van der Waals surface area contributed by atoms with Crippen molar-refractivity contribution in [2.45, 2.75) is 5.75 Å². The van der Waals surface area contributed by atoms with Gasteiger partial charge in [-0.15, -0.1) is 0 Å². The van der Waals surface area contributed by atoms with E-state index >= 15 is 0 Å². The highest BCUT2D eigenvalue weighted by Gasteiger charge is 2.15. The Hall–Kier alpha value is -1.47. The average Bonchev–Trinajstić information content (AvgIpc) is 2.16. The Kier molecular flexibility index (Phi) is 3.75. The van der Waals surface area contributed by atoms with Crippen LogP contribution in [0.5, 0.6) is 0 Å². The van der Waals surface area contributed by atoms with E-state index in [1.165, 1.54) is 0 Å². The van der Waals surface area contributed by atoms with Gasteiger partial charge in [0.05, 0.1) is 4.92 Å². The van der Waals surface area contributed by atoms with Crippen molar-refractivity contribution in [3.63, 3.8) is 0 Å². The molecule has 0 aromatic heterocycles. The Balaban J connectivity index is 2.61. The van der Waals surface area contributed by atoms with Gasteiger partial charge >= 0.3 is 6.73 Å². The van der Waals surface area contributed by atoms with Gasteiger partial charge in [0.25, 0.3) is 10.1 Å². The summed E-state index contributed by atoms with van der Waals surface area (Å²) >= 11 is 0. The molecule has 0 amide bonds. The molecule has 1 rings (SSSR count). The van der Waals surface area contributed by atoms with Gasteiger partial charge in [0.1, 0.15) is 5.75 Å². The van der Waals surface area contributed by atoms with Crippen molar-refractivity contribution in [1.29, 1.82) is 0 Å². The number of hydrogen-bond acceptors (Lipinski definition) is 5. The monoisotopic (exact) mass is 231 g/mol. The van der Waals surface area contributed by atoms with Crippen LogP contribution in [-0.2, 0) is 20.1 Å². The van der Waals surface area contributed by atoms with Crippen molar-refractivity contribution >= 4 is 10.1 Å². The molecule has 0 aliphatic heterocycles.